The van der Waals surface area contributed by atoms with E-state index < -0.39 is 0 Å². The van der Waals surface area contributed by atoms with Crippen LogP contribution in [0.3, 0.4) is 0 Å². The minimum atomic E-state index is 0.176. The minimum Gasteiger partial charge on any atom is -0.329 e. The van der Waals surface area contributed by atoms with Gasteiger partial charge in [0.1, 0.15) is 0 Å². The van der Waals surface area contributed by atoms with Crippen molar-refractivity contribution in [1.82, 2.24) is 5.32 Å². The molecule has 2 heteroatoms. The SMILES string of the molecule is NCC(NCc1ccccc1)c1ccc2ccccc2c1. The number of nitrogens with one attached hydrogen (secondary N) is 1. The van der Waals surface area contributed by atoms with E-state index in [9.17, 15) is 0 Å². The Hall–Kier alpha value is -2.16. The lowest BCUT2D eigenvalue weighted by atomic mass is 10.0. The van der Waals surface area contributed by atoms with Crippen molar-refractivity contribution >= 4 is 10.8 Å². The third kappa shape index (κ3) is 3.30. The van der Waals surface area contributed by atoms with Crippen LogP contribution in [0.25, 0.3) is 10.8 Å². The normalized spacial score (nSPS) is 12.4. The van der Waals surface area contributed by atoms with E-state index in [0.717, 1.165) is 6.54 Å². The molecule has 3 aromatic rings. The molecule has 0 fully saturated rings. The fourth-order valence-corrected chi connectivity index (χ4v) is 2.60. The van der Waals surface area contributed by atoms with Crippen LogP contribution >= 0.6 is 0 Å². The quantitative estimate of drug-likeness (QED) is 0.747. The van der Waals surface area contributed by atoms with E-state index in [0.29, 0.717) is 6.54 Å². The van der Waals surface area contributed by atoms with Gasteiger partial charge in [-0.2, -0.15) is 0 Å². The van der Waals surface area contributed by atoms with E-state index in [2.05, 4.69) is 72.0 Å². The fourth-order valence-electron chi connectivity index (χ4n) is 2.60. The third-order valence-corrected chi connectivity index (χ3v) is 3.81. The summed E-state index contributed by atoms with van der Waals surface area (Å²) in [4.78, 5) is 0. The lowest BCUT2D eigenvalue weighted by Crippen LogP contribution is -2.27. The van der Waals surface area contributed by atoms with E-state index in [1.165, 1.54) is 21.9 Å². The predicted molar refractivity (Wildman–Crippen MR) is 89.0 cm³/mol. The highest BCUT2D eigenvalue weighted by Crippen LogP contribution is 2.20. The Morgan fingerprint density at radius 2 is 1.52 bits per heavy atom. The van der Waals surface area contributed by atoms with Crippen LogP contribution in [0, 0.1) is 0 Å². The van der Waals surface area contributed by atoms with Gasteiger partial charge in [0.05, 0.1) is 0 Å². The Kier molecular flexibility index (Phi) is 4.29. The summed E-state index contributed by atoms with van der Waals surface area (Å²) >= 11 is 0. The van der Waals surface area contributed by atoms with Gasteiger partial charge in [-0.3, -0.25) is 0 Å². The molecule has 0 aromatic heterocycles. The van der Waals surface area contributed by atoms with Crippen molar-refractivity contribution in [3.05, 3.63) is 83.9 Å². The van der Waals surface area contributed by atoms with Crippen LogP contribution < -0.4 is 11.1 Å². The van der Waals surface area contributed by atoms with Crippen molar-refractivity contribution in [3.8, 4) is 0 Å². The topological polar surface area (TPSA) is 38.0 Å². The number of hydrogen-bond donors (Lipinski definition) is 2. The summed E-state index contributed by atoms with van der Waals surface area (Å²) in [6, 6.07) is 25.5. The molecule has 0 spiro atoms. The lowest BCUT2D eigenvalue weighted by molar-refractivity contribution is 0.542. The maximum Gasteiger partial charge on any atom is 0.0447 e. The molecule has 0 amide bonds. The zero-order valence-electron chi connectivity index (χ0n) is 12.0. The highest BCUT2D eigenvalue weighted by molar-refractivity contribution is 5.83. The highest BCUT2D eigenvalue weighted by atomic mass is 14.9. The second-order valence-electron chi connectivity index (χ2n) is 5.26. The summed E-state index contributed by atoms with van der Waals surface area (Å²) in [5, 5.41) is 6.06. The molecule has 0 bridgehead atoms. The average molecular weight is 276 g/mol. The molecule has 106 valence electrons. The summed E-state index contributed by atoms with van der Waals surface area (Å²) in [6.07, 6.45) is 0. The predicted octanol–water partition coefficient (Wildman–Crippen LogP) is 3.63. The maximum absolute atomic E-state index is 5.95. The van der Waals surface area contributed by atoms with Crippen molar-refractivity contribution in [3.63, 3.8) is 0 Å². The largest absolute Gasteiger partial charge is 0.329 e. The van der Waals surface area contributed by atoms with E-state index in [1.807, 2.05) is 6.07 Å². The van der Waals surface area contributed by atoms with Gasteiger partial charge >= 0.3 is 0 Å². The first-order chi connectivity index (χ1) is 10.4. The summed E-state index contributed by atoms with van der Waals surface area (Å²) in [7, 11) is 0. The summed E-state index contributed by atoms with van der Waals surface area (Å²) in [6.45, 7) is 1.42. The minimum absolute atomic E-state index is 0.176. The second-order valence-corrected chi connectivity index (χ2v) is 5.26. The van der Waals surface area contributed by atoms with E-state index in [4.69, 9.17) is 5.73 Å². The number of benzene rings is 3. The van der Waals surface area contributed by atoms with Crippen LogP contribution in [-0.4, -0.2) is 6.54 Å². The fraction of sp³-hybridized carbons (Fsp3) is 0.158. The molecule has 3 N–H and O–H groups in total. The Morgan fingerprint density at radius 3 is 2.29 bits per heavy atom. The molecule has 1 atom stereocenters. The summed E-state index contributed by atoms with van der Waals surface area (Å²) in [5.41, 5.74) is 8.47. The van der Waals surface area contributed by atoms with Crippen LogP contribution in [0.15, 0.2) is 72.8 Å². The van der Waals surface area contributed by atoms with Gasteiger partial charge in [0.15, 0.2) is 0 Å². The molecular weight excluding hydrogens is 256 g/mol. The van der Waals surface area contributed by atoms with Gasteiger partial charge in [-0.15, -0.1) is 0 Å². The van der Waals surface area contributed by atoms with Crippen molar-refractivity contribution in [2.75, 3.05) is 6.54 Å². The average Bonchev–Trinajstić information content (AvgIpc) is 2.56. The molecule has 0 heterocycles. The van der Waals surface area contributed by atoms with Gasteiger partial charge < -0.3 is 11.1 Å². The first kappa shape index (κ1) is 13.8. The number of nitrogens with two attached hydrogens (primary N) is 1. The molecule has 1 unspecified atom stereocenters. The number of fused-ring (bicyclic) bond motifs is 1. The van der Waals surface area contributed by atoms with Gasteiger partial charge in [-0.05, 0) is 28.0 Å². The smallest absolute Gasteiger partial charge is 0.0447 e. The number of rotatable bonds is 5. The molecule has 3 aromatic carbocycles. The first-order valence-corrected chi connectivity index (χ1v) is 7.33. The van der Waals surface area contributed by atoms with Crippen molar-refractivity contribution in [2.45, 2.75) is 12.6 Å². The monoisotopic (exact) mass is 276 g/mol. The van der Waals surface area contributed by atoms with Crippen LogP contribution in [0.1, 0.15) is 17.2 Å². The molecule has 21 heavy (non-hydrogen) atoms. The lowest BCUT2D eigenvalue weighted by Gasteiger charge is -2.18. The van der Waals surface area contributed by atoms with Gasteiger partial charge in [-0.25, -0.2) is 0 Å². The van der Waals surface area contributed by atoms with E-state index in [-0.39, 0.29) is 6.04 Å². The van der Waals surface area contributed by atoms with Crippen LogP contribution in [-0.2, 0) is 6.54 Å². The molecule has 0 radical (unpaired) electrons. The standard InChI is InChI=1S/C19H20N2/c20-13-19(21-14-15-6-2-1-3-7-15)18-11-10-16-8-4-5-9-17(16)12-18/h1-12,19,21H,13-14,20H2. The zero-order valence-corrected chi connectivity index (χ0v) is 12.0. The van der Waals surface area contributed by atoms with Gasteiger partial charge in [0.2, 0.25) is 0 Å². The number of hydrogen-bond acceptors (Lipinski definition) is 2. The van der Waals surface area contributed by atoms with E-state index in [1.54, 1.807) is 0 Å². The molecule has 0 aliphatic carbocycles. The molecule has 0 saturated heterocycles. The molecule has 3 rings (SSSR count). The molecular formula is C19H20N2. The third-order valence-electron chi connectivity index (χ3n) is 3.81. The van der Waals surface area contributed by atoms with E-state index >= 15 is 0 Å². The molecule has 0 saturated carbocycles. The Balaban J connectivity index is 1.78. The van der Waals surface area contributed by atoms with Crippen molar-refractivity contribution in [1.29, 1.82) is 0 Å². The Morgan fingerprint density at radius 1 is 0.810 bits per heavy atom. The first-order valence-electron chi connectivity index (χ1n) is 7.33. The van der Waals surface area contributed by atoms with Crippen LogP contribution in [0.2, 0.25) is 0 Å². The zero-order chi connectivity index (χ0) is 14.5. The Labute approximate surface area is 125 Å². The van der Waals surface area contributed by atoms with Crippen molar-refractivity contribution in [2.24, 2.45) is 5.73 Å². The van der Waals surface area contributed by atoms with Gasteiger partial charge in [0.25, 0.3) is 0 Å². The van der Waals surface area contributed by atoms with Crippen LogP contribution in [0.4, 0.5) is 0 Å². The summed E-state index contributed by atoms with van der Waals surface area (Å²) < 4.78 is 0. The Bertz CT molecular complexity index is 707. The van der Waals surface area contributed by atoms with Crippen molar-refractivity contribution < 1.29 is 0 Å². The van der Waals surface area contributed by atoms with Gasteiger partial charge in [0, 0.05) is 19.1 Å². The van der Waals surface area contributed by atoms with Crippen LogP contribution in [0.5, 0.6) is 0 Å². The highest BCUT2D eigenvalue weighted by Gasteiger charge is 2.09. The summed E-state index contributed by atoms with van der Waals surface area (Å²) in [5.74, 6) is 0. The molecule has 0 aliphatic rings. The molecule has 0 aliphatic heterocycles. The maximum atomic E-state index is 5.95. The molecule has 2 nitrogen and oxygen atoms in total. The second kappa shape index (κ2) is 6.53. The van der Waals surface area contributed by atoms with Gasteiger partial charge in [-0.1, -0.05) is 66.7 Å².